The second-order valence-corrected chi connectivity index (χ2v) is 13.5. The molecule has 0 aliphatic heterocycles. The molecular formula is C40H60F6N8O8. The van der Waals surface area contributed by atoms with Crippen molar-refractivity contribution >= 4 is 35.6 Å². The van der Waals surface area contributed by atoms with Crippen molar-refractivity contribution in [2.45, 2.75) is 115 Å². The molecule has 0 fully saturated rings. The third-order valence-corrected chi connectivity index (χ3v) is 8.19. The topological polar surface area (TPSA) is 241 Å². The first-order valence-electron chi connectivity index (χ1n) is 20.3. The van der Waals surface area contributed by atoms with Gasteiger partial charge in [0, 0.05) is 51.2 Å². The van der Waals surface area contributed by atoms with E-state index < -0.39 is 24.3 Å². The maximum absolute atomic E-state index is 11.9. The van der Waals surface area contributed by atoms with Crippen molar-refractivity contribution in [2.75, 3.05) is 39.3 Å². The fraction of sp³-hybridized carbons (Fsp3) is 0.600. The average Bonchev–Trinajstić information content (AvgIpc) is 3.23. The monoisotopic (exact) mass is 894 g/mol. The lowest BCUT2D eigenvalue weighted by molar-refractivity contribution is -0.193. The number of pyridine rings is 2. The van der Waals surface area contributed by atoms with Gasteiger partial charge in [0.15, 0.2) is 0 Å². The molecular weight excluding hydrogens is 834 g/mol. The van der Waals surface area contributed by atoms with Crippen molar-refractivity contribution in [2.24, 2.45) is 0 Å². The van der Waals surface area contributed by atoms with Crippen LogP contribution in [0.2, 0.25) is 0 Å². The van der Waals surface area contributed by atoms with Crippen LogP contribution in [0.5, 0.6) is 0 Å². The Morgan fingerprint density at radius 2 is 0.726 bits per heavy atom. The molecule has 22 heteroatoms. The number of carboxylic acids is 2. The number of hydrogen-bond donors (Lipinski definition) is 8. The van der Waals surface area contributed by atoms with E-state index in [1.165, 1.54) is 51.4 Å². The third kappa shape index (κ3) is 36.5. The van der Waals surface area contributed by atoms with E-state index in [9.17, 15) is 45.5 Å². The number of alkyl halides is 6. The highest BCUT2D eigenvalue weighted by Crippen LogP contribution is 2.14. The van der Waals surface area contributed by atoms with Crippen LogP contribution in [0.4, 0.5) is 26.3 Å². The summed E-state index contributed by atoms with van der Waals surface area (Å²) in [6, 6.07) is 11.1. The van der Waals surface area contributed by atoms with Gasteiger partial charge in [-0.2, -0.15) is 26.3 Å². The van der Waals surface area contributed by atoms with Gasteiger partial charge in [-0.3, -0.25) is 29.1 Å². The van der Waals surface area contributed by atoms with Crippen LogP contribution in [-0.2, 0) is 41.9 Å². The molecule has 2 rings (SSSR count). The van der Waals surface area contributed by atoms with E-state index in [-0.39, 0.29) is 49.3 Å². The van der Waals surface area contributed by atoms with Crippen LogP contribution < -0.4 is 31.9 Å². The van der Waals surface area contributed by atoms with E-state index in [1.54, 1.807) is 12.4 Å². The Hall–Kier alpha value is -5.38. The smallest absolute Gasteiger partial charge is 0.475 e. The molecule has 2 aromatic heterocycles. The number of unbranched alkanes of at least 4 members (excludes halogenated alkanes) is 7. The average molecular weight is 895 g/mol. The number of rotatable bonds is 29. The van der Waals surface area contributed by atoms with Gasteiger partial charge in [-0.1, -0.05) is 50.7 Å². The zero-order valence-electron chi connectivity index (χ0n) is 34.7. The molecule has 4 amide bonds. The third-order valence-electron chi connectivity index (χ3n) is 8.19. The Morgan fingerprint density at radius 3 is 1.02 bits per heavy atom. The molecule has 62 heavy (non-hydrogen) atoms. The molecule has 8 N–H and O–H groups in total. The van der Waals surface area contributed by atoms with Crippen LogP contribution in [0.25, 0.3) is 0 Å². The van der Waals surface area contributed by atoms with Gasteiger partial charge in [-0.25, -0.2) is 9.59 Å². The summed E-state index contributed by atoms with van der Waals surface area (Å²) in [6.07, 6.45) is 5.64. The molecule has 0 aromatic carbocycles. The largest absolute Gasteiger partial charge is 0.490 e. The lowest BCUT2D eigenvalue weighted by Gasteiger charge is -2.08. The quantitative estimate of drug-likeness (QED) is 0.0415. The number of aromatic nitrogens is 2. The number of nitrogens with zero attached hydrogens (tertiary/aromatic N) is 2. The number of halogens is 6. The number of carboxylic acid groups (broad SMARTS) is 2. The van der Waals surface area contributed by atoms with Crippen molar-refractivity contribution in [3.63, 3.8) is 0 Å². The lowest BCUT2D eigenvalue weighted by Crippen LogP contribution is -2.29. The molecule has 16 nitrogen and oxygen atoms in total. The van der Waals surface area contributed by atoms with Crippen LogP contribution in [0.1, 0.15) is 101 Å². The van der Waals surface area contributed by atoms with Crippen LogP contribution in [-0.4, -0.2) is 107 Å². The number of nitrogens with one attached hydrogen (secondary N) is 6. The van der Waals surface area contributed by atoms with Gasteiger partial charge < -0.3 is 42.1 Å². The van der Waals surface area contributed by atoms with Gasteiger partial charge in [-0.05, 0) is 76.1 Å². The first kappa shape index (κ1) is 56.6. The normalized spacial score (nSPS) is 10.9. The van der Waals surface area contributed by atoms with Crippen molar-refractivity contribution in [1.82, 2.24) is 41.9 Å². The maximum atomic E-state index is 11.9. The van der Waals surface area contributed by atoms with Gasteiger partial charge in [-0.15, -0.1) is 0 Å². The zero-order chi connectivity index (χ0) is 46.5. The number of carbonyl (C=O) groups excluding carboxylic acids is 4. The summed E-state index contributed by atoms with van der Waals surface area (Å²) in [7, 11) is 0. The minimum absolute atomic E-state index is 0.0913. The summed E-state index contributed by atoms with van der Waals surface area (Å²) in [4.78, 5) is 73.8. The molecule has 0 bridgehead atoms. The van der Waals surface area contributed by atoms with E-state index >= 15 is 0 Å². The van der Waals surface area contributed by atoms with Crippen LogP contribution in [0, 0.1) is 0 Å². The molecule has 0 aliphatic carbocycles. The van der Waals surface area contributed by atoms with E-state index in [2.05, 4.69) is 41.9 Å². The van der Waals surface area contributed by atoms with E-state index in [1.807, 2.05) is 36.4 Å². The second kappa shape index (κ2) is 35.2. The summed E-state index contributed by atoms with van der Waals surface area (Å²) in [5, 5.41) is 32.5. The summed E-state index contributed by atoms with van der Waals surface area (Å²) in [5.74, 6) is -5.99. The van der Waals surface area contributed by atoms with Crippen LogP contribution in [0.3, 0.4) is 0 Å². The summed E-state index contributed by atoms with van der Waals surface area (Å²) in [5.41, 5.74) is 1.59. The SMILES string of the molecule is O=C(CCC(=O)NCc1ccccn1)NCCCNCCCCCCCCCCNCCCNC(=O)CCC(=O)NCc1ccccn1.O=C(O)C(F)(F)F.O=C(O)C(F)(F)F. The number of amides is 4. The summed E-state index contributed by atoms with van der Waals surface area (Å²) < 4.78 is 63.5. The van der Waals surface area contributed by atoms with Crippen molar-refractivity contribution in [3.05, 3.63) is 60.2 Å². The van der Waals surface area contributed by atoms with Crippen molar-refractivity contribution in [1.29, 1.82) is 0 Å². The Kier molecular flexibility index (Phi) is 32.2. The fourth-order valence-electron chi connectivity index (χ4n) is 4.88. The first-order chi connectivity index (χ1) is 29.4. The Bertz CT molecular complexity index is 1430. The molecule has 0 aliphatic rings. The van der Waals surface area contributed by atoms with Gasteiger partial charge in [0.25, 0.3) is 0 Å². The molecule has 0 unspecified atom stereocenters. The highest BCUT2D eigenvalue weighted by atomic mass is 19.4. The van der Waals surface area contributed by atoms with Crippen LogP contribution >= 0.6 is 0 Å². The van der Waals surface area contributed by atoms with Gasteiger partial charge in [0.2, 0.25) is 23.6 Å². The summed E-state index contributed by atoms with van der Waals surface area (Å²) in [6.45, 7) is 5.75. The highest BCUT2D eigenvalue weighted by molar-refractivity contribution is 5.84. The summed E-state index contributed by atoms with van der Waals surface area (Å²) >= 11 is 0. The first-order valence-corrected chi connectivity index (χ1v) is 20.3. The highest BCUT2D eigenvalue weighted by Gasteiger charge is 2.38. The predicted molar refractivity (Wildman–Crippen MR) is 216 cm³/mol. The molecule has 0 atom stereocenters. The minimum atomic E-state index is -5.08. The fourth-order valence-corrected chi connectivity index (χ4v) is 4.88. The lowest BCUT2D eigenvalue weighted by atomic mass is 10.1. The predicted octanol–water partition coefficient (Wildman–Crippen LogP) is 4.55. The molecule has 350 valence electrons. The van der Waals surface area contributed by atoms with Crippen LogP contribution in [0.15, 0.2) is 48.8 Å². The van der Waals surface area contributed by atoms with E-state index in [0.29, 0.717) is 26.2 Å². The molecule has 0 saturated heterocycles. The number of carbonyl (C=O) groups is 6. The molecule has 0 saturated carbocycles. The number of aliphatic carboxylic acids is 2. The van der Waals surface area contributed by atoms with Crippen molar-refractivity contribution < 1.29 is 65.3 Å². The van der Waals surface area contributed by atoms with Gasteiger partial charge >= 0.3 is 24.3 Å². The number of hydrogen-bond acceptors (Lipinski definition) is 10. The maximum Gasteiger partial charge on any atom is 0.490 e. The van der Waals surface area contributed by atoms with E-state index in [4.69, 9.17) is 19.8 Å². The van der Waals surface area contributed by atoms with Crippen molar-refractivity contribution in [3.8, 4) is 0 Å². The molecule has 2 heterocycles. The molecule has 0 spiro atoms. The molecule has 2 aromatic rings. The zero-order valence-corrected chi connectivity index (χ0v) is 34.7. The second-order valence-electron chi connectivity index (χ2n) is 13.5. The van der Waals surface area contributed by atoms with Gasteiger partial charge in [0.1, 0.15) is 0 Å². The van der Waals surface area contributed by atoms with E-state index in [0.717, 1.165) is 50.4 Å². The molecule has 0 radical (unpaired) electrons. The van der Waals surface area contributed by atoms with Gasteiger partial charge in [0.05, 0.1) is 24.5 Å². The Morgan fingerprint density at radius 1 is 0.435 bits per heavy atom. The Labute approximate surface area is 357 Å². The Balaban J connectivity index is 0.00000227. The standard InChI is InChI=1S/C36H58N8O4.2C2HF3O2/c45-33(17-19-35(47)43-29-31-15-7-11-25-39-31)41-27-13-23-37-21-9-5-3-1-2-4-6-10-22-38-24-14-28-42-34(46)18-20-36(48)44-30-32-16-8-12-26-40-32;2*3-2(4,5)1(6)7/h7-8,11-12,15-16,25-26,37-38H,1-6,9-10,13-14,17-24,27-30H2,(H,41,45)(H,42,46)(H,43,47)(H,44,48);2*(H,6,7). The minimum Gasteiger partial charge on any atom is -0.475 e.